The molecule has 0 radical (unpaired) electrons. The van der Waals surface area contributed by atoms with Crippen LogP contribution in [-0.4, -0.2) is 54.3 Å². The number of benzene rings is 1. The molecular weight excluding hydrogens is 230 g/mol. The van der Waals surface area contributed by atoms with E-state index in [0.29, 0.717) is 31.7 Å². The Morgan fingerprint density at radius 1 is 1.06 bits per heavy atom. The van der Waals surface area contributed by atoms with Gasteiger partial charge in [-0.25, -0.2) is 0 Å². The molecule has 2 amide bonds. The first-order chi connectivity index (χ1) is 8.66. The molecule has 0 spiro atoms. The van der Waals surface area contributed by atoms with Gasteiger partial charge in [0.25, 0.3) is 5.91 Å². The second-order valence-corrected chi connectivity index (χ2v) is 4.40. The number of nitrogens with zero attached hydrogens (tertiary/aromatic N) is 2. The van der Waals surface area contributed by atoms with Gasteiger partial charge in [-0.3, -0.25) is 14.5 Å². The number of hydrogen-bond donors (Lipinski definition) is 1. The Morgan fingerprint density at radius 2 is 1.67 bits per heavy atom. The normalized spacial score (nSPS) is 16.6. The van der Waals surface area contributed by atoms with Crippen molar-refractivity contribution in [1.82, 2.24) is 9.80 Å². The van der Waals surface area contributed by atoms with Crippen LogP contribution >= 0.6 is 0 Å². The van der Waals surface area contributed by atoms with Gasteiger partial charge in [-0.2, -0.15) is 0 Å². The number of hydrogen-bond acceptors (Lipinski definition) is 3. The summed E-state index contributed by atoms with van der Waals surface area (Å²) in [5.41, 5.74) is 5.86. The third kappa shape index (κ3) is 3.07. The molecule has 0 saturated carbocycles. The van der Waals surface area contributed by atoms with Gasteiger partial charge in [0.1, 0.15) is 0 Å². The van der Waals surface area contributed by atoms with Gasteiger partial charge in [0.2, 0.25) is 5.91 Å². The van der Waals surface area contributed by atoms with Gasteiger partial charge in [-0.05, 0) is 12.1 Å². The summed E-state index contributed by atoms with van der Waals surface area (Å²) in [4.78, 5) is 26.7. The van der Waals surface area contributed by atoms with Crippen LogP contribution in [0.15, 0.2) is 30.3 Å². The fourth-order valence-corrected chi connectivity index (χ4v) is 2.09. The molecule has 18 heavy (non-hydrogen) atoms. The van der Waals surface area contributed by atoms with Gasteiger partial charge in [0.15, 0.2) is 0 Å². The van der Waals surface area contributed by atoms with E-state index >= 15 is 0 Å². The summed E-state index contributed by atoms with van der Waals surface area (Å²) in [6, 6.07) is 9.24. The van der Waals surface area contributed by atoms with Crippen molar-refractivity contribution in [3.8, 4) is 0 Å². The van der Waals surface area contributed by atoms with Crippen LogP contribution in [0.5, 0.6) is 0 Å². The monoisotopic (exact) mass is 247 g/mol. The molecule has 96 valence electrons. The van der Waals surface area contributed by atoms with Gasteiger partial charge in [0.05, 0.1) is 6.54 Å². The summed E-state index contributed by atoms with van der Waals surface area (Å²) in [7, 11) is 0. The largest absolute Gasteiger partial charge is 0.369 e. The standard InChI is InChI=1S/C13H17N3O2/c14-12(17)10-15-6-8-16(9-7-15)13(18)11-4-2-1-3-5-11/h1-5H,6-10H2,(H2,14,17). The fraction of sp³-hybridized carbons (Fsp3) is 0.385. The number of primary amides is 1. The molecule has 0 bridgehead atoms. The van der Waals surface area contributed by atoms with Gasteiger partial charge in [0, 0.05) is 31.7 Å². The lowest BCUT2D eigenvalue weighted by atomic mass is 10.2. The average Bonchev–Trinajstić information content (AvgIpc) is 2.39. The van der Waals surface area contributed by atoms with Crippen LogP contribution in [-0.2, 0) is 4.79 Å². The molecule has 0 aromatic heterocycles. The molecule has 0 atom stereocenters. The van der Waals surface area contributed by atoms with Crippen LogP contribution in [0.4, 0.5) is 0 Å². The Hall–Kier alpha value is -1.88. The molecule has 1 aliphatic heterocycles. The van der Waals surface area contributed by atoms with Crippen LogP contribution in [0.3, 0.4) is 0 Å². The molecule has 2 rings (SSSR count). The summed E-state index contributed by atoms with van der Waals surface area (Å²) in [5, 5.41) is 0. The highest BCUT2D eigenvalue weighted by Gasteiger charge is 2.22. The lowest BCUT2D eigenvalue weighted by Gasteiger charge is -2.34. The average molecular weight is 247 g/mol. The zero-order valence-corrected chi connectivity index (χ0v) is 10.2. The van der Waals surface area contributed by atoms with Gasteiger partial charge >= 0.3 is 0 Å². The second kappa shape index (κ2) is 5.64. The highest BCUT2D eigenvalue weighted by Crippen LogP contribution is 2.08. The lowest BCUT2D eigenvalue weighted by Crippen LogP contribution is -2.50. The minimum absolute atomic E-state index is 0.0503. The third-order valence-corrected chi connectivity index (χ3v) is 3.06. The smallest absolute Gasteiger partial charge is 0.253 e. The van der Waals surface area contributed by atoms with Crippen molar-refractivity contribution in [2.75, 3.05) is 32.7 Å². The van der Waals surface area contributed by atoms with Gasteiger partial charge < -0.3 is 10.6 Å². The van der Waals surface area contributed by atoms with Crippen molar-refractivity contribution < 1.29 is 9.59 Å². The topological polar surface area (TPSA) is 66.6 Å². The first-order valence-corrected chi connectivity index (χ1v) is 6.02. The number of carbonyl (C=O) groups excluding carboxylic acids is 2. The summed E-state index contributed by atoms with van der Waals surface area (Å²) >= 11 is 0. The molecule has 1 aromatic rings. The first kappa shape index (κ1) is 12.6. The maximum atomic E-state index is 12.1. The van der Waals surface area contributed by atoms with E-state index < -0.39 is 0 Å². The number of nitrogens with two attached hydrogens (primary N) is 1. The van der Waals surface area contributed by atoms with Crippen molar-refractivity contribution >= 4 is 11.8 Å². The molecule has 0 unspecified atom stereocenters. The van der Waals surface area contributed by atoms with Gasteiger partial charge in [-0.1, -0.05) is 18.2 Å². The molecular formula is C13H17N3O2. The number of amides is 2. The molecule has 0 aliphatic carbocycles. The van der Waals surface area contributed by atoms with E-state index in [1.807, 2.05) is 40.1 Å². The van der Waals surface area contributed by atoms with Crippen molar-refractivity contribution in [3.63, 3.8) is 0 Å². The Labute approximate surface area is 106 Å². The minimum atomic E-state index is -0.321. The van der Waals surface area contributed by atoms with E-state index in [-0.39, 0.29) is 18.4 Å². The molecule has 1 aliphatic rings. The highest BCUT2D eigenvalue weighted by molar-refractivity contribution is 5.94. The Kier molecular flexibility index (Phi) is 3.94. The van der Waals surface area contributed by atoms with Crippen LogP contribution in [0.1, 0.15) is 10.4 Å². The van der Waals surface area contributed by atoms with E-state index in [0.717, 1.165) is 0 Å². The second-order valence-electron chi connectivity index (χ2n) is 4.40. The Morgan fingerprint density at radius 3 is 2.22 bits per heavy atom. The Balaban J connectivity index is 1.90. The van der Waals surface area contributed by atoms with Crippen LogP contribution in [0.2, 0.25) is 0 Å². The van der Waals surface area contributed by atoms with Gasteiger partial charge in [-0.15, -0.1) is 0 Å². The van der Waals surface area contributed by atoms with Crippen molar-refractivity contribution in [2.45, 2.75) is 0 Å². The first-order valence-electron chi connectivity index (χ1n) is 6.02. The summed E-state index contributed by atoms with van der Waals surface area (Å²) in [5.74, 6) is -0.271. The maximum Gasteiger partial charge on any atom is 0.253 e. The zero-order valence-electron chi connectivity index (χ0n) is 10.2. The van der Waals surface area contributed by atoms with Crippen molar-refractivity contribution in [2.24, 2.45) is 5.73 Å². The molecule has 1 heterocycles. The molecule has 1 saturated heterocycles. The quantitative estimate of drug-likeness (QED) is 0.813. The minimum Gasteiger partial charge on any atom is -0.369 e. The molecule has 1 fully saturated rings. The number of carbonyl (C=O) groups is 2. The zero-order chi connectivity index (χ0) is 13.0. The number of rotatable bonds is 3. The molecule has 5 heteroatoms. The molecule has 2 N–H and O–H groups in total. The predicted octanol–water partition coefficient (Wildman–Crippen LogP) is -0.0703. The maximum absolute atomic E-state index is 12.1. The highest BCUT2D eigenvalue weighted by atomic mass is 16.2. The third-order valence-electron chi connectivity index (χ3n) is 3.06. The van der Waals surface area contributed by atoms with Crippen LogP contribution in [0, 0.1) is 0 Å². The van der Waals surface area contributed by atoms with E-state index in [4.69, 9.17) is 5.73 Å². The predicted molar refractivity (Wildman–Crippen MR) is 68.0 cm³/mol. The molecule has 5 nitrogen and oxygen atoms in total. The molecule has 1 aromatic carbocycles. The fourth-order valence-electron chi connectivity index (χ4n) is 2.09. The summed E-state index contributed by atoms with van der Waals surface area (Å²) < 4.78 is 0. The summed E-state index contributed by atoms with van der Waals surface area (Å²) in [6.45, 7) is 2.94. The van der Waals surface area contributed by atoms with Crippen molar-refractivity contribution in [1.29, 1.82) is 0 Å². The van der Waals surface area contributed by atoms with Crippen LogP contribution in [0.25, 0.3) is 0 Å². The lowest BCUT2D eigenvalue weighted by molar-refractivity contribution is -0.119. The number of piperazine rings is 1. The van der Waals surface area contributed by atoms with E-state index in [2.05, 4.69) is 0 Å². The van der Waals surface area contributed by atoms with E-state index in [9.17, 15) is 9.59 Å². The SMILES string of the molecule is NC(=O)CN1CCN(C(=O)c2ccccc2)CC1. The summed E-state index contributed by atoms with van der Waals surface area (Å²) in [6.07, 6.45) is 0. The van der Waals surface area contributed by atoms with E-state index in [1.54, 1.807) is 0 Å². The van der Waals surface area contributed by atoms with E-state index in [1.165, 1.54) is 0 Å². The Bertz CT molecular complexity index is 425. The van der Waals surface area contributed by atoms with Crippen LogP contribution < -0.4 is 5.73 Å². The van der Waals surface area contributed by atoms with Crippen molar-refractivity contribution in [3.05, 3.63) is 35.9 Å².